The van der Waals surface area contributed by atoms with Crippen molar-refractivity contribution in [3.63, 3.8) is 0 Å². The molecule has 0 atom stereocenters. The van der Waals surface area contributed by atoms with Crippen molar-refractivity contribution in [2.45, 2.75) is 13.8 Å². The van der Waals surface area contributed by atoms with Gasteiger partial charge in [-0.3, -0.25) is 4.79 Å². The third-order valence-electron chi connectivity index (χ3n) is 3.76. The number of nitrogens with zero attached hydrogens (tertiary/aromatic N) is 1. The van der Waals surface area contributed by atoms with Crippen LogP contribution in [0.4, 0.5) is 17.2 Å². The Hall–Kier alpha value is -2.66. The number of rotatable bonds is 4. The van der Waals surface area contributed by atoms with Gasteiger partial charge in [0.15, 0.2) is 0 Å². The van der Waals surface area contributed by atoms with Crippen molar-refractivity contribution in [2.75, 3.05) is 10.6 Å². The summed E-state index contributed by atoms with van der Waals surface area (Å²) in [7, 11) is 0. The lowest BCUT2D eigenvalue weighted by Gasteiger charge is -2.11. The highest BCUT2D eigenvalue weighted by molar-refractivity contribution is 9.10. The van der Waals surface area contributed by atoms with Crippen molar-refractivity contribution in [2.24, 2.45) is 0 Å². The Morgan fingerprint density at radius 3 is 2.60 bits per heavy atom. The summed E-state index contributed by atoms with van der Waals surface area (Å²) in [5, 5.41) is 6.15. The summed E-state index contributed by atoms with van der Waals surface area (Å²) in [6, 6.07) is 17.2. The fourth-order valence-electron chi connectivity index (χ4n) is 2.38. The first-order valence-corrected chi connectivity index (χ1v) is 8.68. The summed E-state index contributed by atoms with van der Waals surface area (Å²) < 4.78 is 0.867. The van der Waals surface area contributed by atoms with Crippen molar-refractivity contribution in [1.82, 2.24) is 4.98 Å². The van der Waals surface area contributed by atoms with Gasteiger partial charge in [0.2, 0.25) is 0 Å². The van der Waals surface area contributed by atoms with Crippen LogP contribution in [0.15, 0.2) is 65.3 Å². The van der Waals surface area contributed by atoms with E-state index >= 15 is 0 Å². The number of aromatic nitrogens is 1. The van der Waals surface area contributed by atoms with Crippen LogP contribution in [-0.2, 0) is 0 Å². The molecule has 0 aliphatic carbocycles. The number of benzene rings is 2. The smallest absolute Gasteiger partial charge is 0.255 e. The monoisotopic (exact) mass is 395 g/mol. The Morgan fingerprint density at radius 1 is 1.04 bits per heavy atom. The number of carbonyl (C=O) groups excluding carboxylic acids is 1. The molecule has 3 rings (SSSR count). The largest absolute Gasteiger partial charge is 0.340 e. The SMILES string of the molecule is Cc1ccc(C)c(Nc2ccc(NC(=O)c3cccc(Br)c3)cn2)c1. The summed E-state index contributed by atoms with van der Waals surface area (Å²) in [5.74, 6) is 0.562. The molecule has 0 spiro atoms. The highest BCUT2D eigenvalue weighted by atomic mass is 79.9. The van der Waals surface area contributed by atoms with Crippen LogP contribution < -0.4 is 10.6 Å². The molecular weight excluding hydrogens is 378 g/mol. The second-order valence-electron chi connectivity index (χ2n) is 5.84. The highest BCUT2D eigenvalue weighted by Gasteiger charge is 2.07. The summed E-state index contributed by atoms with van der Waals surface area (Å²) in [6.45, 7) is 4.10. The number of hydrogen-bond donors (Lipinski definition) is 2. The van der Waals surface area contributed by atoms with Gasteiger partial charge in [0.05, 0.1) is 11.9 Å². The van der Waals surface area contributed by atoms with E-state index in [9.17, 15) is 4.79 Å². The van der Waals surface area contributed by atoms with Gasteiger partial charge >= 0.3 is 0 Å². The minimum atomic E-state index is -0.168. The average Bonchev–Trinajstić information content (AvgIpc) is 2.60. The molecule has 0 saturated carbocycles. The van der Waals surface area contributed by atoms with Crippen LogP contribution in [-0.4, -0.2) is 10.9 Å². The van der Waals surface area contributed by atoms with Crippen molar-refractivity contribution < 1.29 is 4.79 Å². The second-order valence-corrected chi connectivity index (χ2v) is 6.76. The Balaban J connectivity index is 1.70. The van der Waals surface area contributed by atoms with E-state index in [1.165, 1.54) is 5.56 Å². The number of pyridine rings is 1. The summed E-state index contributed by atoms with van der Waals surface area (Å²) in [5.41, 5.74) is 4.60. The summed E-state index contributed by atoms with van der Waals surface area (Å²) in [4.78, 5) is 16.6. The molecule has 2 N–H and O–H groups in total. The van der Waals surface area contributed by atoms with Gasteiger partial charge < -0.3 is 10.6 Å². The molecule has 3 aromatic rings. The molecule has 0 bridgehead atoms. The van der Waals surface area contributed by atoms with Crippen molar-refractivity contribution in [3.05, 3.63) is 82.0 Å². The number of amides is 1. The first kappa shape index (κ1) is 17.2. The molecule has 0 radical (unpaired) electrons. The fraction of sp³-hybridized carbons (Fsp3) is 0.100. The lowest BCUT2D eigenvalue weighted by atomic mass is 10.1. The summed E-state index contributed by atoms with van der Waals surface area (Å²) >= 11 is 3.37. The standard InChI is InChI=1S/C20H18BrN3O/c1-13-6-7-14(2)18(10-13)24-19-9-8-17(12-22-19)23-20(25)15-4-3-5-16(21)11-15/h3-12H,1-2H3,(H,22,24)(H,23,25). The average molecular weight is 396 g/mol. The van der Waals surface area contributed by atoms with Crippen molar-refractivity contribution in [3.8, 4) is 0 Å². The number of aryl methyl sites for hydroxylation is 2. The maximum absolute atomic E-state index is 12.2. The minimum absolute atomic E-state index is 0.168. The molecule has 126 valence electrons. The van der Waals surface area contributed by atoms with Crippen LogP contribution in [0.25, 0.3) is 0 Å². The molecule has 4 nitrogen and oxygen atoms in total. The molecule has 1 heterocycles. The zero-order valence-corrected chi connectivity index (χ0v) is 15.6. The lowest BCUT2D eigenvalue weighted by molar-refractivity contribution is 0.102. The Labute approximate surface area is 155 Å². The Morgan fingerprint density at radius 2 is 1.88 bits per heavy atom. The van der Waals surface area contributed by atoms with Crippen LogP contribution in [0.2, 0.25) is 0 Å². The van der Waals surface area contributed by atoms with E-state index in [0.29, 0.717) is 11.3 Å². The first-order valence-electron chi connectivity index (χ1n) is 7.88. The summed E-state index contributed by atoms with van der Waals surface area (Å²) in [6.07, 6.45) is 1.64. The highest BCUT2D eigenvalue weighted by Crippen LogP contribution is 2.21. The minimum Gasteiger partial charge on any atom is -0.340 e. The van der Waals surface area contributed by atoms with Crippen LogP contribution in [0.3, 0.4) is 0 Å². The third kappa shape index (κ3) is 4.45. The molecule has 1 aromatic heterocycles. The van der Waals surface area contributed by atoms with E-state index in [1.807, 2.05) is 31.2 Å². The number of halogens is 1. The molecule has 0 saturated heterocycles. The van der Waals surface area contributed by atoms with Crippen LogP contribution >= 0.6 is 15.9 Å². The van der Waals surface area contributed by atoms with Gasteiger partial charge in [0.1, 0.15) is 5.82 Å². The van der Waals surface area contributed by atoms with E-state index in [2.05, 4.69) is 56.7 Å². The second kappa shape index (κ2) is 7.49. The Bertz CT molecular complexity index is 907. The van der Waals surface area contributed by atoms with Gasteiger partial charge in [-0.25, -0.2) is 4.98 Å². The maximum Gasteiger partial charge on any atom is 0.255 e. The van der Waals surface area contributed by atoms with Crippen LogP contribution in [0, 0.1) is 13.8 Å². The number of anilines is 3. The van der Waals surface area contributed by atoms with E-state index in [4.69, 9.17) is 0 Å². The van der Waals surface area contributed by atoms with Gasteiger partial charge in [-0.15, -0.1) is 0 Å². The molecule has 2 aromatic carbocycles. The van der Waals surface area contributed by atoms with E-state index in [1.54, 1.807) is 18.3 Å². The van der Waals surface area contributed by atoms with Crippen molar-refractivity contribution >= 4 is 39.0 Å². The van der Waals surface area contributed by atoms with Crippen LogP contribution in [0.5, 0.6) is 0 Å². The van der Waals surface area contributed by atoms with E-state index in [0.717, 1.165) is 21.5 Å². The van der Waals surface area contributed by atoms with Gasteiger partial charge in [0.25, 0.3) is 5.91 Å². The van der Waals surface area contributed by atoms with E-state index in [-0.39, 0.29) is 5.91 Å². The Kier molecular flexibility index (Phi) is 5.14. The third-order valence-corrected chi connectivity index (χ3v) is 4.26. The van der Waals surface area contributed by atoms with E-state index < -0.39 is 0 Å². The normalized spacial score (nSPS) is 10.4. The topological polar surface area (TPSA) is 54.0 Å². The molecule has 0 aliphatic rings. The zero-order chi connectivity index (χ0) is 17.8. The molecule has 0 fully saturated rings. The molecule has 0 aliphatic heterocycles. The lowest BCUT2D eigenvalue weighted by Crippen LogP contribution is -2.12. The number of carbonyl (C=O) groups is 1. The fourth-order valence-corrected chi connectivity index (χ4v) is 2.78. The molecular formula is C20H18BrN3O. The molecule has 1 amide bonds. The van der Waals surface area contributed by atoms with Crippen LogP contribution in [0.1, 0.15) is 21.5 Å². The number of nitrogens with one attached hydrogen (secondary N) is 2. The maximum atomic E-state index is 12.2. The molecule has 5 heteroatoms. The van der Waals surface area contributed by atoms with Gasteiger partial charge in [-0.1, -0.05) is 34.1 Å². The molecule has 25 heavy (non-hydrogen) atoms. The van der Waals surface area contributed by atoms with Crippen molar-refractivity contribution in [1.29, 1.82) is 0 Å². The first-order chi connectivity index (χ1) is 12.0. The van der Waals surface area contributed by atoms with Gasteiger partial charge in [-0.05, 0) is 61.4 Å². The van der Waals surface area contributed by atoms with Gasteiger partial charge in [-0.2, -0.15) is 0 Å². The quantitative estimate of drug-likeness (QED) is 0.616. The zero-order valence-electron chi connectivity index (χ0n) is 14.0. The molecule has 0 unspecified atom stereocenters. The number of hydrogen-bond acceptors (Lipinski definition) is 3. The predicted molar refractivity (Wildman–Crippen MR) is 106 cm³/mol. The van der Waals surface area contributed by atoms with Gasteiger partial charge in [0, 0.05) is 15.7 Å². The predicted octanol–water partition coefficient (Wildman–Crippen LogP) is 5.46.